The lowest BCUT2D eigenvalue weighted by molar-refractivity contribution is 0.0411. The minimum atomic E-state index is -0.140. The van der Waals surface area contributed by atoms with Gasteiger partial charge >= 0.3 is 0 Å². The number of nitrogens with zero attached hydrogens (tertiary/aromatic N) is 2. The fourth-order valence-electron chi connectivity index (χ4n) is 3.23. The van der Waals surface area contributed by atoms with Crippen LogP contribution in [0.4, 0.5) is 0 Å². The molecule has 0 saturated heterocycles. The average Bonchev–Trinajstić information content (AvgIpc) is 3.04. The maximum Gasteiger partial charge on any atom is 0.271 e. The van der Waals surface area contributed by atoms with Crippen molar-refractivity contribution in [1.82, 2.24) is 20.4 Å². The van der Waals surface area contributed by atoms with Crippen LogP contribution < -0.4 is 10.6 Å². The zero-order valence-electron chi connectivity index (χ0n) is 12.9. The number of benzene rings is 1. The number of hydrogen-bond acceptors (Lipinski definition) is 4. The second-order valence-electron chi connectivity index (χ2n) is 5.94. The van der Waals surface area contributed by atoms with Crippen LogP contribution in [0, 0.1) is 0 Å². The minimum absolute atomic E-state index is 0.0807. The highest BCUT2D eigenvalue weighted by molar-refractivity contribution is 5.92. The summed E-state index contributed by atoms with van der Waals surface area (Å²) in [6, 6.07) is 10.1. The monoisotopic (exact) mass is 312 g/mol. The van der Waals surface area contributed by atoms with Crippen LogP contribution in [-0.4, -0.2) is 35.4 Å². The lowest BCUT2D eigenvalue weighted by atomic mass is 9.97. The molecule has 4 rings (SSSR count). The first kappa shape index (κ1) is 14.4. The molecule has 0 spiro atoms. The van der Waals surface area contributed by atoms with Gasteiger partial charge in [-0.3, -0.25) is 9.48 Å². The molecule has 120 valence electrons. The van der Waals surface area contributed by atoms with Crippen molar-refractivity contribution in [2.24, 2.45) is 0 Å². The van der Waals surface area contributed by atoms with Gasteiger partial charge in [0.15, 0.2) is 0 Å². The quantitative estimate of drug-likeness (QED) is 0.888. The van der Waals surface area contributed by atoms with Crippen molar-refractivity contribution in [3.63, 3.8) is 0 Å². The number of rotatable bonds is 3. The Morgan fingerprint density at radius 2 is 2.35 bits per heavy atom. The van der Waals surface area contributed by atoms with Gasteiger partial charge in [-0.15, -0.1) is 0 Å². The molecule has 0 fully saturated rings. The number of hydrogen-bond donors (Lipinski definition) is 2. The molecule has 0 bridgehead atoms. The van der Waals surface area contributed by atoms with Gasteiger partial charge in [-0.05, 0) is 23.6 Å². The SMILES string of the molecule is O=C(NCC1OCCc2ccccc21)c1cc2n(n1)CCNC2. The Labute approximate surface area is 134 Å². The third-order valence-corrected chi connectivity index (χ3v) is 4.44. The third-order valence-electron chi connectivity index (χ3n) is 4.44. The largest absolute Gasteiger partial charge is 0.371 e. The van der Waals surface area contributed by atoms with Gasteiger partial charge in [0.05, 0.1) is 18.8 Å². The van der Waals surface area contributed by atoms with E-state index in [-0.39, 0.29) is 12.0 Å². The molecule has 1 aromatic heterocycles. The van der Waals surface area contributed by atoms with Gasteiger partial charge in [0, 0.05) is 19.6 Å². The molecule has 2 aliphatic heterocycles. The van der Waals surface area contributed by atoms with Crippen molar-refractivity contribution >= 4 is 5.91 Å². The normalized spacial score (nSPS) is 19.7. The number of fused-ring (bicyclic) bond motifs is 2. The Balaban J connectivity index is 1.43. The van der Waals surface area contributed by atoms with E-state index in [1.165, 1.54) is 11.1 Å². The van der Waals surface area contributed by atoms with E-state index in [1.54, 1.807) is 0 Å². The van der Waals surface area contributed by atoms with Crippen molar-refractivity contribution in [3.05, 3.63) is 52.8 Å². The molecule has 1 aromatic carbocycles. The summed E-state index contributed by atoms with van der Waals surface area (Å²) in [5.74, 6) is -0.140. The zero-order valence-corrected chi connectivity index (χ0v) is 12.9. The molecule has 6 nitrogen and oxygen atoms in total. The van der Waals surface area contributed by atoms with Crippen molar-refractivity contribution in [2.75, 3.05) is 19.7 Å². The van der Waals surface area contributed by atoms with Gasteiger partial charge in [0.25, 0.3) is 5.91 Å². The standard InChI is InChI=1S/C17H20N4O2/c22-17(15-9-13-10-18-6-7-21(13)20-15)19-11-16-14-4-2-1-3-12(14)5-8-23-16/h1-4,9,16,18H,5-8,10-11H2,(H,19,22). The first-order valence-corrected chi connectivity index (χ1v) is 8.06. The molecule has 2 aromatic rings. The van der Waals surface area contributed by atoms with E-state index < -0.39 is 0 Å². The highest BCUT2D eigenvalue weighted by atomic mass is 16.5. The average molecular weight is 312 g/mol. The number of ether oxygens (including phenoxy) is 1. The smallest absolute Gasteiger partial charge is 0.271 e. The number of aromatic nitrogens is 2. The summed E-state index contributed by atoms with van der Waals surface area (Å²) in [5.41, 5.74) is 4.02. The number of amides is 1. The number of carbonyl (C=O) groups is 1. The van der Waals surface area contributed by atoms with E-state index >= 15 is 0 Å². The van der Waals surface area contributed by atoms with E-state index in [9.17, 15) is 4.79 Å². The molecule has 3 heterocycles. The zero-order chi connectivity index (χ0) is 15.6. The summed E-state index contributed by atoms with van der Waals surface area (Å²) < 4.78 is 7.72. The van der Waals surface area contributed by atoms with E-state index in [4.69, 9.17) is 4.74 Å². The van der Waals surface area contributed by atoms with Crippen molar-refractivity contribution in [2.45, 2.75) is 25.6 Å². The first-order chi connectivity index (χ1) is 11.3. The van der Waals surface area contributed by atoms with Crippen LogP contribution in [0.3, 0.4) is 0 Å². The van der Waals surface area contributed by atoms with Gasteiger partial charge in [0.2, 0.25) is 0 Å². The Kier molecular flexibility index (Phi) is 3.85. The van der Waals surface area contributed by atoms with Crippen LogP contribution in [0.1, 0.15) is 33.4 Å². The highest BCUT2D eigenvalue weighted by Crippen LogP contribution is 2.26. The fraction of sp³-hybridized carbons (Fsp3) is 0.412. The molecule has 23 heavy (non-hydrogen) atoms. The van der Waals surface area contributed by atoms with Crippen LogP contribution >= 0.6 is 0 Å². The van der Waals surface area contributed by atoms with Crippen LogP contribution in [0.2, 0.25) is 0 Å². The lowest BCUT2D eigenvalue weighted by Crippen LogP contribution is -2.32. The van der Waals surface area contributed by atoms with E-state index in [2.05, 4.69) is 27.9 Å². The van der Waals surface area contributed by atoms with Crippen LogP contribution in [0.5, 0.6) is 0 Å². The third kappa shape index (κ3) is 2.87. The fourth-order valence-corrected chi connectivity index (χ4v) is 3.23. The molecule has 0 radical (unpaired) electrons. The molecule has 2 N–H and O–H groups in total. The predicted molar refractivity (Wildman–Crippen MR) is 85.1 cm³/mol. The Hall–Kier alpha value is -2.18. The maximum absolute atomic E-state index is 12.4. The van der Waals surface area contributed by atoms with Gasteiger partial charge < -0.3 is 15.4 Å². The Morgan fingerprint density at radius 1 is 1.43 bits per heavy atom. The van der Waals surface area contributed by atoms with Crippen LogP contribution in [0.25, 0.3) is 0 Å². The summed E-state index contributed by atoms with van der Waals surface area (Å²) in [6.45, 7) is 3.63. The van der Waals surface area contributed by atoms with Crippen LogP contribution in [0.15, 0.2) is 30.3 Å². The first-order valence-electron chi connectivity index (χ1n) is 8.06. The molecule has 2 aliphatic rings. The summed E-state index contributed by atoms with van der Waals surface area (Å²) in [6.07, 6.45) is 0.851. The second kappa shape index (κ2) is 6.14. The molecule has 1 amide bonds. The molecule has 6 heteroatoms. The van der Waals surface area contributed by atoms with E-state index in [0.29, 0.717) is 18.8 Å². The molecular weight excluding hydrogens is 292 g/mol. The molecule has 1 unspecified atom stereocenters. The summed E-state index contributed by atoms with van der Waals surface area (Å²) in [5, 5.41) is 10.6. The molecular formula is C17H20N4O2. The maximum atomic E-state index is 12.4. The highest BCUT2D eigenvalue weighted by Gasteiger charge is 2.22. The van der Waals surface area contributed by atoms with Crippen molar-refractivity contribution in [3.8, 4) is 0 Å². The van der Waals surface area contributed by atoms with Crippen molar-refractivity contribution < 1.29 is 9.53 Å². The van der Waals surface area contributed by atoms with E-state index in [0.717, 1.165) is 31.7 Å². The van der Waals surface area contributed by atoms with Gasteiger partial charge in [-0.1, -0.05) is 24.3 Å². The second-order valence-corrected chi connectivity index (χ2v) is 5.94. The number of carbonyl (C=O) groups excluding carboxylic acids is 1. The topological polar surface area (TPSA) is 68.2 Å². The summed E-state index contributed by atoms with van der Waals surface area (Å²) in [4.78, 5) is 12.4. The number of nitrogens with one attached hydrogen (secondary N) is 2. The molecule has 0 aliphatic carbocycles. The van der Waals surface area contributed by atoms with Crippen LogP contribution in [-0.2, 0) is 24.2 Å². The summed E-state index contributed by atoms with van der Waals surface area (Å²) >= 11 is 0. The van der Waals surface area contributed by atoms with Gasteiger partial charge in [0.1, 0.15) is 11.8 Å². The van der Waals surface area contributed by atoms with E-state index in [1.807, 2.05) is 22.9 Å². The van der Waals surface area contributed by atoms with Gasteiger partial charge in [-0.25, -0.2) is 0 Å². The predicted octanol–water partition coefficient (Wildman–Crippen LogP) is 1.03. The Bertz CT molecular complexity index is 702. The minimum Gasteiger partial charge on any atom is -0.371 e. The molecule has 0 saturated carbocycles. The summed E-state index contributed by atoms with van der Waals surface area (Å²) in [7, 11) is 0. The van der Waals surface area contributed by atoms with Gasteiger partial charge in [-0.2, -0.15) is 5.10 Å². The molecule has 1 atom stereocenters. The Morgan fingerprint density at radius 3 is 3.26 bits per heavy atom. The van der Waals surface area contributed by atoms with Crippen molar-refractivity contribution in [1.29, 1.82) is 0 Å². The lowest BCUT2D eigenvalue weighted by Gasteiger charge is -2.26.